The Hall–Kier alpha value is -2.25. The first-order valence-electron chi connectivity index (χ1n) is 7.87. The number of hydrogen-bond acceptors (Lipinski definition) is 5. The zero-order valence-corrected chi connectivity index (χ0v) is 15.3. The number of nitrogens with zero attached hydrogens (tertiary/aromatic N) is 4. The number of hydrogen-bond donors (Lipinski definition) is 0. The molecule has 0 aliphatic carbocycles. The van der Waals surface area contributed by atoms with E-state index in [0.717, 1.165) is 27.9 Å². The van der Waals surface area contributed by atoms with E-state index in [9.17, 15) is 4.79 Å². The maximum Gasteiger partial charge on any atom is 0.267 e. The van der Waals surface area contributed by atoms with Crippen LogP contribution in [0.2, 0.25) is 0 Å². The largest absolute Gasteiger partial charge is 0.268 e. The highest BCUT2D eigenvalue weighted by molar-refractivity contribution is 8.02. The van der Waals surface area contributed by atoms with Crippen LogP contribution >= 0.6 is 23.5 Å². The van der Waals surface area contributed by atoms with Crippen LogP contribution in [-0.4, -0.2) is 36.9 Å². The molecule has 0 radical (unpaired) electrons. The molecule has 0 aliphatic heterocycles. The molecule has 0 atom stereocenters. The Balaban J connectivity index is 2.05. The fourth-order valence-electron chi connectivity index (χ4n) is 2.80. The van der Waals surface area contributed by atoms with Crippen molar-refractivity contribution in [2.75, 3.05) is 17.8 Å². The Morgan fingerprint density at radius 1 is 0.960 bits per heavy atom. The second-order valence-corrected chi connectivity index (χ2v) is 7.50. The molecule has 0 bridgehead atoms. The minimum absolute atomic E-state index is 0.0811. The lowest BCUT2D eigenvalue weighted by Crippen LogP contribution is -2.21. The SMILES string of the molecule is CSCCSc1nnc2n(-c3ccccc3)c(=O)c3ccccc3n12. The van der Waals surface area contributed by atoms with Crippen LogP contribution in [0.4, 0.5) is 0 Å². The molecule has 4 aromatic rings. The maximum atomic E-state index is 13.1. The average Bonchev–Trinajstić information content (AvgIpc) is 3.07. The minimum Gasteiger partial charge on any atom is -0.268 e. The predicted molar refractivity (Wildman–Crippen MR) is 105 cm³/mol. The summed E-state index contributed by atoms with van der Waals surface area (Å²) in [7, 11) is 0. The van der Waals surface area contributed by atoms with Crippen LogP contribution in [-0.2, 0) is 0 Å². The summed E-state index contributed by atoms with van der Waals surface area (Å²) < 4.78 is 3.61. The Kier molecular flexibility index (Phi) is 4.50. The van der Waals surface area contributed by atoms with Gasteiger partial charge in [0.15, 0.2) is 5.16 Å². The third kappa shape index (κ3) is 2.83. The monoisotopic (exact) mass is 368 g/mol. The summed E-state index contributed by atoms with van der Waals surface area (Å²) in [6.07, 6.45) is 2.09. The van der Waals surface area contributed by atoms with E-state index in [4.69, 9.17) is 0 Å². The summed E-state index contributed by atoms with van der Waals surface area (Å²) in [6.45, 7) is 0. The lowest BCUT2D eigenvalue weighted by Gasteiger charge is -2.11. The van der Waals surface area contributed by atoms with Gasteiger partial charge in [0.1, 0.15) is 0 Å². The van der Waals surface area contributed by atoms with Crippen molar-refractivity contribution >= 4 is 40.2 Å². The normalized spacial score (nSPS) is 11.4. The smallest absolute Gasteiger partial charge is 0.267 e. The zero-order valence-electron chi connectivity index (χ0n) is 13.6. The first-order valence-corrected chi connectivity index (χ1v) is 10.3. The topological polar surface area (TPSA) is 52.2 Å². The molecular weight excluding hydrogens is 352 g/mol. The molecule has 2 heterocycles. The molecule has 0 N–H and O–H groups in total. The van der Waals surface area contributed by atoms with E-state index in [1.165, 1.54) is 0 Å². The van der Waals surface area contributed by atoms with Crippen molar-refractivity contribution in [1.29, 1.82) is 0 Å². The van der Waals surface area contributed by atoms with Crippen molar-refractivity contribution in [3.05, 3.63) is 65.0 Å². The molecule has 2 aromatic heterocycles. The highest BCUT2D eigenvalue weighted by Gasteiger charge is 2.17. The van der Waals surface area contributed by atoms with Crippen molar-refractivity contribution < 1.29 is 0 Å². The third-order valence-electron chi connectivity index (χ3n) is 3.93. The van der Waals surface area contributed by atoms with Crippen LogP contribution < -0.4 is 5.56 Å². The molecule has 4 rings (SSSR count). The average molecular weight is 368 g/mol. The standard InChI is InChI=1S/C18H16N4OS2/c1-24-11-12-25-18-20-19-17-21(13-7-3-2-4-8-13)16(23)14-9-5-6-10-15(14)22(17)18/h2-10H,11-12H2,1H3. The van der Waals surface area contributed by atoms with Gasteiger partial charge in [0.05, 0.1) is 16.6 Å². The number of fused-ring (bicyclic) bond motifs is 3. The number of rotatable bonds is 5. The molecule has 0 saturated carbocycles. The molecule has 7 heteroatoms. The van der Waals surface area contributed by atoms with Crippen LogP contribution in [0.5, 0.6) is 0 Å². The van der Waals surface area contributed by atoms with E-state index in [1.54, 1.807) is 28.1 Å². The Morgan fingerprint density at radius 2 is 1.72 bits per heavy atom. The van der Waals surface area contributed by atoms with Gasteiger partial charge in [-0.1, -0.05) is 42.1 Å². The van der Waals surface area contributed by atoms with Gasteiger partial charge in [-0.15, -0.1) is 10.2 Å². The summed E-state index contributed by atoms with van der Waals surface area (Å²) in [5.41, 5.74) is 1.55. The van der Waals surface area contributed by atoms with Crippen molar-refractivity contribution in [3.8, 4) is 5.69 Å². The van der Waals surface area contributed by atoms with E-state index in [-0.39, 0.29) is 5.56 Å². The molecule has 0 saturated heterocycles. The zero-order chi connectivity index (χ0) is 17.2. The van der Waals surface area contributed by atoms with Gasteiger partial charge < -0.3 is 0 Å². The summed E-state index contributed by atoms with van der Waals surface area (Å²) in [5.74, 6) is 2.53. The predicted octanol–water partition coefficient (Wildman–Crippen LogP) is 3.49. The molecule has 0 spiro atoms. The van der Waals surface area contributed by atoms with Gasteiger partial charge in [-0.05, 0) is 30.5 Å². The molecule has 2 aromatic carbocycles. The van der Waals surface area contributed by atoms with Gasteiger partial charge in [0.2, 0.25) is 5.78 Å². The number of para-hydroxylation sites is 2. The van der Waals surface area contributed by atoms with Gasteiger partial charge in [0, 0.05) is 11.5 Å². The first-order chi connectivity index (χ1) is 12.3. The van der Waals surface area contributed by atoms with Crippen LogP contribution in [0.25, 0.3) is 22.4 Å². The fraction of sp³-hybridized carbons (Fsp3) is 0.167. The van der Waals surface area contributed by atoms with E-state index in [1.807, 2.05) is 59.0 Å². The second-order valence-electron chi connectivity index (χ2n) is 5.45. The number of aromatic nitrogens is 4. The molecule has 126 valence electrons. The summed E-state index contributed by atoms with van der Waals surface area (Å²) in [6, 6.07) is 17.2. The van der Waals surface area contributed by atoms with Crippen LogP contribution in [0.15, 0.2) is 64.5 Å². The van der Waals surface area contributed by atoms with E-state index >= 15 is 0 Å². The highest BCUT2D eigenvalue weighted by atomic mass is 32.2. The van der Waals surface area contributed by atoms with Gasteiger partial charge in [-0.25, -0.2) is 4.57 Å². The van der Waals surface area contributed by atoms with Gasteiger partial charge in [-0.3, -0.25) is 9.20 Å². The Labute approximate surface area is 153 Å². The van der Waals surface area contributed by atoms with Crippen LogP contribution in [0, 0.1) is 0 Å². The van der Waals surface area contributed by atoms with E-state index < -0.39 is 0 Å². The van der Waals surface area contributed by atoms with Crippen molar-refractivity contribution in [2.24, 2.45) is 0 Å². The third-order valence-corrected chi connectivity index (χ3v) is 5.73. The first kappa shape index (κ1) is 16.2. The summed E-state index contributed by atoms with van der Waals surface area (Å²) in [4.78, 5) is 13.1. The van der Waals surface area contributed by atoms with Crippen molar-refractivity contribution in [1.82, 2.24) is 19.2 Å². The van der Waals surface area contributed by atoms with E-state index in [2.05, 4.69) is 16.5 Å². The van der Waals surface area contributed by atoms with Crippen LogP contribution in [0.3, 0.4) is 0 Å². The number of benzene rings is 2. The lowest BCUT2D eigenvalue weighted by molar-refractivity contribution is 0.931. The maximum absolute atomic E-state index is 13.1. The lowest BCUT2D eigenvalue weighted by atomic mass is 10.2. The molecule has 0 unspecified atom stereocenters. The molecule has 5 nitrogen and oxygen atoms in total. The number of thioether (sulfide) groups is 2. The Morgan fingerprint density at radius 3 is 2.52 bits per heavy atom. The molecule has 0 fully saturated rings. The highest BCUT2D eigenvalue weighted by Crippen LogP contribution is 2.23. The van der Waals surface area contributed by atoms with Crippen LogP contribution in [0.1, 0.15) is 0 Å². The molecule has 0 aliphatic rings. The van der Waals surface area contributed by atoms with Gasteiger partial charge in [-0.2, -0.15) is 11.8 Å². The second kappa shape index (κ2) is 6.93. The summed E-state index contributed by atoms with van der Waals surface area (Å²) >= 11 is 3.46. The molecular formula is C18H16N4OS2. The van der Waals surface area contributed by atoms with Gasteiger partial charge >= 0.3 is 0 Å². The van der Waals surface area contributed by atoms with E-state index in [0.29, 0.717) is 11.2 Å². The quantitative estimate of drug-likeness (QED) is 0.399. The van der Waals surface area contributed by atoms with Gasteiger partial charge in [0.25, 0.3) is 5.56 Å². The fourth-order valence-corrected chi connectivity index (χ4v) is 4.39. The summed E-state index contributed by atoms with van der Waals surface area (Å²) in [5, 5.41) is 10.2. The minimum atomic E-state index is -0.0811. The Bertz CT molecular complexity index is 1090. The van der Waals surface area contributed by atoms with Crippen molar-refractivity contribution in [2.45, 2.75) is 5.16 Å². The molecule has 25 heavy (non-hydrogen) atoms. The van der Waals surface area contributed by atoms with Crippen molar-refractivity contribution in [3.63, 3.8) is 0 Å². The molecule has 0 amide bonds.